The summed E-state index contributed by atoms with van der Waals surface area (Å²) in [6, 6.07) is 0. The van der Waals surface area contributed by atoms with E-state index >= 15 is 0 Å². The van der Waals surface area contributed by atoms with E-state index in [1.54, 1.807) is 0 Å². The minimum Gasteiger partial charge on any atom is -0.310 e. The highest BCUT2D eigenvalue weighted by Gasteiger charge is 2.35. The molecular weight excluding hydrogens is 190 g/mol. The largest absolute Gasteiger partial charge is 0.310 e. The number of hydrogen-bond donors (Lipinski definition) is 3. The van der Waals surface area contributed by atoms with Gasteiger partial charge in [0.2, 0.25) is 5.91 Å². The van der Waals surface area contributed by atoms with Crippen molar-refractivity contribution in [3.63, 3.8) is 0 Å². The first-order valence-electron chi connectivity index (χ1n) is 5.62. The molecule has 86 valence electrons. The third-order valence-corrected chi connectivity index (χ3v) is 2.79. The molecular formula is C11H21N3O. The van der Waals surface area contributed by atoms with Gasteiger partial charge >= 0.3 is 0 Å². The van der Waals surface area contributed by atoms with Crippen molar-refractivity contribution in [2.45, 2.75) is 51.5 Å². The summed E-state index contributed by atoms with van der Waals surface area (Å²) in [4.78, 5) is 11.7. The molecule has 3 N–H and O–H groups in total. The monoisotopic (exact) mass is 211 g/mol. The molecule has 1 unspecified atom stereocenters. The average Bonchev–Trinajstić information content (AvgIpc) is 2.20. The smallest absolute Gasteiger partial charge is 0.247 e. The first-order valence-corrected chi connectivity index (χ1v) is 5.62. The number of nitrogens with one attached hydrogen (secondary N) is 3. The van der Waals surface area contributed by atoms with E-state index in [4.69, 9.17) is 0 Å². The molecule has 1 atom stereocenters. The van der Waals surface area contributed by atoms with E-state index in [1.807, 2.05) is 6.92 Å². The zero-order valence-corrected chi connectivity index (χ0v) is 9.65. The average molecular weight is 211 g/mol. The molecule has 0 radical (unpaired) electrons. The molecule has 1 aliphatic rings. The third kappa shape index (κ3) is 3.23. The lowest BCUT2D eigenvalue weighted by molar-refractivity contribution is -0.128. The predicted molar refractivity (Wildman–Crippen MR) is 60.7 cm³/mol. The molecule has 0 spiro atoms. The van der Waals surface area contributed by atoms with Crippen molar-refractivity contribution in [3.8, 4) is 0 Å². The molecule has 4 nitrogen and oxygen atoms in total. The van der Waals surface area contributed by atoms with Crippen LogP contribution in [0, 0.1) is 0 Å². The summed E-state index contributed by atoms with van der Waals surface area (Å²) in [6.07, 6.45) is 5.54. The van der Waals surface area contributed by atoms with Gasteiger partial charge in [-0.1, -0.05) is 39.2 Å². The van der Waals surface area contributed by atoms with Gasteiger partial charge in [-0.05, 0) is 13.3 Å². The zero-order valence-electron chi connectivity index (χ0n) is 9.65. The lowest BCUT2D eigenvalue weighted by Gasteiger charge is -2.35. The number of amides is 1. The standard InChI is InChI=1S/C11H21N3O/c1-4-5-6-7-8-11(3)10(15)12-9(2)13-14-11/h13-14H,2,4-8H2,1,3H3,(H,12,15). The van der Waals surface area contributed by atoms with Gasteiger partial charge in [0.25, 0.3) is 0 Å². The Morgan fingerprint density at radius 1 is 1.33 bits per heavy atom. The van der Waals surface area contributed by atoms with Gasteiger partial charge in [0.1, 0.15) is 11.4 Å². The van der Waals surface area contributed by atoms with E-state index in [0.717, 1.165) is 12.8 Å². The predicted octanol–water partition coefficient (Wildman–Crippen LogP) is 1.41. The fourth-order valence-electron chi connectivity index (χ4n) is 1.66. The normalized spacial score (nSPS) is 26.0. The lowest BCUT2D eigenvalue weighted by atomic mass is 9.93. The summed E-state index contributed by atoms with van der Waals surface area (Å²) < 4.78 is 0. The molecule has 0 aromatic carbocycles. The molecule has 0 aromatic heterocycles. The molecule has 15 heavy (non-hydrogen) atoms. The molecule has 4 heteroatoms. The van der Waals surface area contributed by atoms with Crippen LogP contribution in [0.4, 0.5) is 0 Å². The van der Waals surface area contributed by atoms with Crippen molar-refractivity contribution in [2.75, 3.05) is 0 Å². The summed E-state index contributed by atoms with van der Waals surface area (Å²) in [5, 5.41) is 2.70. The van der Waals surface area contributed by atoms with E-state index in [9.17, 15) is 4.79 Å². The van der Waals surface area contributed by atoms with Crippen molar-refractivity contribution in [1.29, 1.82) is 0 Å². The van der Waals surface area contributed by atoms with Crippen LogP contribution in [-0.4, -0.2) is 11.4 Å². The number of hydrogen-bond acceptors (Lipinski definition) is 3. The Morgan fingerprint density at radius 2 is 2.07 bits per heavy atom. The molecule has 1 amide bonds. The van der Waals surface area contributed by atoms with E-state index < -0.39 is 5.54 Å². The number of hydrazine groups is 1. The number of unbranched alkanes of at least 4 members (excludes halogenated alkanes) is 3. The third-order valence-electron chi connectivity index (χ3n) is 2.79. The second kappa shape index (κ2) is 5.16. The van der Waals surface area contributed by atoms with Gasteiger partial charge in [0.05, 0.1) is 0 Å². The number of carbonyl (C=O) groups is 1. The molecule has 0 aromatic rings. The first kappa shape index (κ1) is 12.0. The van der Waals surface area contributed by atoms with E-state index in [1.165, 1.54) is 19.3 Å². The maximum Gasteiger partial charge on any atom is 0.247 e. The Balaban J connectivity index is 2.37. The van der Waals surface area contributed by atoms with Crippen molar-refractivity contribution >= 4 is 5.91 Å². The van der Waals surface area contributed by atoms with Crippen molar-refractivity contribution in [1.82, 2.24) is 16.2 Å². The molecule has 1 rings (SSSR count). The lowest BCUT2D eigenvalue weighted by Crippen LogP contribution is -2.65. The van der Waals surface area contributed by atoms with Crippen LogP contribution in [0.1, 0.15) is 46.0 Å². The van der Waals surface area contributed by atoms with Crippen LogP contribution in [0.15, 0.2) is 12.4 Å². The van der Waals surface area contributed by atoms with Crippen LogP contribution >= 0.6 is 0 Å². The Hall–Kier alpha value is -1.03. The van der Waals surface area contributed by atoms with Crippen LogP contribution in [0.2, 0.25) is 0 Å². The second-order valence-corrected chi connectivity index (χ2v) is 4.33. The highest BCUT2D eigenvalue weighted by atomic mass is 16.2. The van der Waals surface area contributed by atoms with Gasteiger partial charge in [0.15, 0.2) is 0 Å². The van der Waals surface area contributed by atoms with E-state index in [-0.39, 0.29) is 5.91 Å². The molecule has 0 saturated carbocycles. The number of rotatable bonds is 5. The van der Waals surface area contributed by atoms with Crippen LogP contribution in [0.25, 0.3) is 0 Å². The topological polar surface area (TPSA) is 53.2 Å². The Morgan fingerprint density at radius 3 is 2.67 bits per heavy atom. The minimum atomic E-state index is -0.505. The number of carbonyl (C=O) groups excluding carboxylic acids is 1. The zero-order chi connectivity index (χ0) is 11.3. The minimum absolute atomic E-state index is 0.00254. The van der Waals surface area contributed by atoms with Crippen LogP contribution in [0.3, 0.4) is 0 Å². The maximum atomic E-state index is 11.7. The second-order valence-electron chi connectivity index (χ2n) is 4.33. The summed E-state index contributed by atoms with van der Waals surface area (Å²) in [6.45, 7) is 7.72. The SMILES string of the molecule is C=C1NNC(C)(CCCCCC)C(=O)N1. The Bertz CT molecular complexity index is 252. The van der Waals surface area contributed by atoms with Gasteiger partial charge < -0.3 is 10.7 Å². The van der Waals surface area contributed by atoms with E-state index in [0.29, 0.717) is 5.82 Å². The summed E-state index contributed by atoms with van der Waals surface area (Å²) in [5.74, 6) is 0.522. The maximum absolute atomic E-state index is 11.7. The molecule has 1 heterocycles. The van der Waals surface area contributed by atoms with Gasteiger partial charge in [-0.2, -0.15) is 0 Å². The fraction of sp³-hybridized carbons (Fsp3) is 0.727. The molecule has 0 aliphatic carbocycles. The van der Waals surface area contributed by atoms with Gasteiger partial charge in [0, 0.05) is 0 Å². The van der Waals surface area contributed by atoms with Crippen molar-refractivity contribution in [2.24, 2.45) is 0 Å². The highest BCUT2D eigenvalue weighted by Crippen LogP contribution is 2.17. The van der Waals surface area contributed by atoms with E-state index in [2.05, 4.69) is 29.7 Å². The molecule has 1 fully saturated rings. The highest BCUT2D eigenvalue weighted by molar-refractivity contribution is 5.87. The fourth-order valence-corrected chi connectivity index (χ4v) is 1.66. The van der Waals surface area contributed by atoms with Gasteiger partial charge in [-0.3, -0.25) is 4.79 Å². The van der Waals surface area contributed by atoms with Crippen LogP contribution in [0.5, 0.6) is 0 Å². The molecule has 1 saturated heterocycles. The molecule has 1 aliphatic heterocycles. The molecule has 0 bridgehead atoms. The van der Waals surface area contributed by atoms with Gasteiger partial charge in [-0.15, -0.1) is 0 Å². The summed E-state index contributed by atoms with van der Waals surface area (Å²) in [7, 11) is 0. The van der Waals surface area contributed by atoms with Crippen molar-refractivity contribution in [3.05, 3.63) is 12.4 Å². The van der Waals surface area contributed by atoms with Crippen LogP contribution in [-0.2, 0) is 4.79 Å². The Labute approximate surface area is 91.5 Å². The van der Waals surface area contributed by atoms with Crippen LogP contribution < -0.4 is 16.2 Å². The first-order chi connectivity index (χ1) is 7.08. The van der Waals surface area contributed by atoms with Gasteiger partial charge in [-0.25, -0.2) is 5.43 Å². The summed E-state index contributed by atoms with van der Waals surface area (Å²) >= 11 is 0. The summed E-state index contributed by atoms with van der Waals surface area (Å²) in [5.41, 5.74) is 5.37. The van der Waals surface area contributed by atoms with Crippen molar-refractivity contribution < 1.29 is 4.79 Å². The quantitative estimate of drug-likeness (QED) is 0.603. The Kier molecular flexibility index (Phi) is 4.15.